The van der Waals surface area contributed by atoms with Crippen molar-refractivity contribution in [2.45, 2.75) is 45.7 Å². The third-order valence-corrected chi connectivity index (χ3v) is 3.57. The Morgan fingerprint density at radius 2 is 2.14 bits per heavy atom. The second-order valence-electron chi connectivity index (χ2n) is 5.49. The topological polar surface area (TPSA) is 47.0 Å². The van der Waals surface area contributed by atoms with E-state index in [0.29, 0.717) is 6.04 Å². The Bertz CT molecular complexity index is 623. The Kier molecular flexibility index (Phi) is 4.15. The van der Waals surface area contributed by atoms with Gasteiger partial charge in [-0.2, -0.15) is 0 Å². The van der Waals surface area contributed by atoms with Gasteiger partial charge in [0.1, 0.15) is 11.5 Å². The molecule has 0 aliphatic heterocycles. The number of nitrogens with zero attached hydrogens (tertiary/aromatic N) is 2. The van der Waals surface area contributed by atoms with Gasteiger partial charge in [0.15, 0.2) is 0 Å². The predicted molar refractivity (Wildman–Crippen MR) is 82.5 cm³/mol. The van der Waals surface area contributed by atoms with Crippen LogP contribution in [0.3, 0.4) is 0 Å². The molecule has 1 saturated carbocycles. The summed E-state index contributed by atoms with van der Waals surface area (Å²) < 4.78 is 5.99. The van der Waals surface area contributed by atoms with Crippen molar-refractivity contribution in [1.82, 2.24) is 15.3 Å². The molecule has 0 radical (unpaired) electrons. The molecule has 110 valence electrons. The molecule has 21 heavy (non-hydrogen) atoms. The van der Waals surface area contributed by atoms with Crippen molar-refractivity contribution in [3.8, 4) is 11.5 Å². The molecule has 0 atom stereocenters. The minimum atomic E-state index is 0.685. The van der Waals surface area contributed by atoms with E-state index in [1.54, 1.807) is 6.20 Å². The molecule has 0 amide bonds. The first-order valence-corrected chi connectivity index (χ1v) is 7.57. The summed E-state index contributed by atoms with van der Waals surface area (Å²) in [6, 6.07) is 8.54. The summed E-state index contributed by atoms with van der Waals surface area (Å²) in [5.41, 5.74) is 3.02. The van der Waals surface area contributed by atoms with Gasteiger partial charge in [-0.05, 0) is 44.4 Å². The molecule has 1 N–H and O–H groups in total. The highest BCUT2D eigenvalue weighted by molar-refractivity contribution is 5.35. The van der Waals surface area contributed by atoms with Crippen LogP contribution in [0.1, 0.15) is 36.8 Å². The number of nitrogens with one attached hydrogen (secondary N) is 1. The van der Waals surface area contributed by atoms with Crippen LogP contribution >= 0.6 is 0 Å². The van der Waals surface area contributed by atoms with E-state index in [1.807, 2.05) is 31.2 Å². The molecule has 0 bridgehead atoms. The van der Waals surface area contributed by atoms with E-state index >= 15 is 0 Å². The van der Waals surface area contributed by atoms with Crippen molar-refractivity contribution in [2.75, 3.05) is 0 Å². The molecular formula is C17H21N3O. The van der Waals surface area contributed by atoms with E-state index in [-0.39, 0.29) is 0 Å². The fourth-order valence-corrected chi connectivity index (χ4v) is 2.22. The zero-order chi connectivity index (χ0) is 14.7. The van der Waals surface area contributed by atoms with Crippen LogP contribution in [0.2, 0.25) is 0 Å². The van der Waals surface area contributed by atoms with Gasteiger partial charge in [-0.1, -0.05) is 6.92 Å². The molecular weight excluding hydrogens is 262 g/mol. The highest BCUT2D eigenvalue weighted by Crippen LogP contribution is 2.25. The minimum absolute atomic E-state index is 0.685. The van der Waals surface area contributed by atoms with Gasteiger partial charge in [-0.15, -0.1) is 0 Å². The van der Waals surface area contributed by atoms with E-state index < -0.39 is 0 Å². The Morgan fingerprint density at radius 1 is 1.29 bits per heavy atom. The monoisotopic (exact) mass is 283 g/mol. The highest BCUT2D eigenvalue weighted by atomic mass is 16.5. The van der Waals surface area contributed by atoms with Crippen LogP contribution in [-0.2, 0) is 13.0 Å². The Labute approximate surface area is 125 Å². The van der Waals surface area contributed by atoms with E-state index in [4.69, 9.17) is 4.74 Å². The molecule has 0 aromatic carbocycles. The SMILES string of the molecule is CCc1nc(C)ccc1Oc1ccnc(CNC2CC2)c1. The van der Waals surface area contributed by atoms with Gasteiger partial charge < -0.3 is 10.1 Å². The van der Waals surface area contributed by atoms with E-state index in [1.165, 1.54) is 12.8 Å². The van der Waals surface area contributed by atoms with Crippen LogP contribution < -0.4 is 10.1 Å². The first-order valence-electron chi connectivity index (χ1n) is 7.57. The second-order valence-corrected chi connectivity index (χ2v) is 5.49. The van der Waals surface area contributed by atoms with E-state index in [0.717, 1.165) is 41.5 Å². The summed E-state index contributed by atoms with van der Waals surface area (Å²) in [4.78, 5) is 8.90. The zero-order valence-electron chi connectivity index (χ0n) is 12.6. The number of aromatic nitrogens is 2. The van der Waals surface area contributed by atoms with Gasteiger partial charge in [0.25, 0.3) is 0 Å². The standard InChI is InChI=1S/C17H21N3O/c1-3-16-17(7-4-12(2)20-16)21-15-8-9-18-14(10-15)11-19-13-5-6-13/h4,7-10,13,19H,3,5-6,11H2,1-2H3. The third kappa shape index (κ3) is 3.79. The van der Waals surface area contributed by atoms with Gasteiger partial charge in [0.2, 0.25) is 0 Å². The van der Waals surface area contributed by atoms with E-state index in [9.17, 15) is 0 Å². The smallest absolute Gasteiger partial charge is 0.148 e. The van der Waals surface area contributed by atoms with Crippen molar-refractivity contribution in [3.63, 3.8) is 0 Å². The summed E-state index contributed by atoms with van der Waals surface area (Å²) in [5.74, 6) is 1.65. The highest BCUT2D eigenvalue weighted by Gasteiger charge is 2.20. The lowest BCUT2D eigenvalue weighted by molar-refractivity contribution is 0.470. The second kappa shape index (κ2) is 6.22. The van der Waals surface area contributed by atoms with Gasteiger partial charge >= 0.3 is 0 Å². The number of ether oxygens (including phenoxy) is 1. The van der Waals surface area contributed by atoms with Crippen molar-refractivity contribution in [1.29, 1.82) is 0 Å². The molecule has 0 saturated heterocycles. The summed E-state index contributed by atoms with van der Waals surface area (Å²) in [6.45, 7) is 4.89. The van der Waals surface area contributed by atoms with Crippen molar-refractivity contribution in [2.24, 2.45) is 0 Å². The maximum absolute atomic E-state index is 5.99. The molecule has 1 fully saturated rings. The van der Waals surface area contributed by atoms with Gasteiger partial charge in [-0.3, -0.25) is 9.97 Å². The molecule has 4 heteroatoms. The van der Waals surface area contributed by atoms with Crippen LogP contribution in [0.4, 0.5) is 0 Å². The fourth-order valence-electron chi connectivity index (χ4n) is 2.22. The Hall–Kier alpha value is -1.94. The third-order valence-electron chi connectivity index (χ3n) is 3.57. The van der Waals surface area contributed by atoms with Crippen LogP contribution in [0.15, 0.2) is 30.5 Å². The lowest BCUT2D eigenvalue weighted by Gasteiger charge is -2.11. The molecule has 4 nitrogen and oxygen atoms in total. The Balaban J connectivity index is 1.73. The van der Waals surface area contributed by atoms with Crippen molar-refractivity contribution < 1.29 is 4.74 Å². The molecule has 1 aliphatic carbocycles. The quantitative estimate of drug-likeness (QED) is 0.882. The lowest BCUT2D eigenvalue weighted by atomic mass is 10.2. The molecule has 2 aromatic heterocycles. The maximum Gasteiger partial charge on any atom is 0.148 e. The van der Waals surface area contributed by atoms with Crippen LogP contribution in [0, 0.1) is 6.92 Å². The summed E-state index contributed by atoms with van der Waals surface area (Å²) in [6.07, 6.45) is 5.22. The van der Waals surface area contributed by atoms with Crippen molar-refractivity contribution >= 4 is 0 Å². The largest absolute Gasteiger partial charge is 0.455 e. The fraction of sp³-hybridized carbons (Fsp3) is 0.412. The van der Waals surface area contributed by atoms with Crippen LogP contribution in [-0.4, -0.2) is 16.0 Å². The van der Waals surface area contributed by atoms with Crippen LogP contribution in [0.25, 0.3) is 0 Å². The molecule has 3 rings (SSSR count). The molecule has 1 aliphatic rings. The maximum atomic E-state index is 5.99. The van der Waals surface area contributed by atoms with Crippen LogP contribution in [0.5, 0.6) is 11.5 Å². The van der Waals surface area contributed by atoms with Gasteiger partial charge in [0.05, 0.1) is 11.4 Å². The normalized spacial score (nSPS) is 14.2. The predicted octanol–water partition coefficient (Wildman–Crippen LogP) is 3.39. The summed E-state index contributed by atoms with van der Waals surface area (Å²) in [7, 11) is 0. The average Bonchev–Trinajstić information content (AvgIpc) is 3.32. The van der Waals surface area contributed by atoms with Gasteiger partial charge in [0, 0.05) is 30.5 Å². The number of pyridine rings is 2. The van der Waals surface area contributed by atoms with E-state index in [2.05, 4.69) is 22.2 Å². The lowest BCUT2D eigenvalue weighted by Crippen LogP contribution is -2.16. The van der Waals surface area contributed by atoms with Gasteiger partial charge in [-0.25, -0.2) is 0 Å². The molecule has 2 aromatic rings. The number of aryl methyl sites for hydroxylation is 2. The summed E-state index contributed by atoms with van der Waals surface area (Å²) in [5, 5.41) is 3.46. The molecule has 0 unspecified atom stereocenters. The first-order chi connectivity index (χ1) is 10.2. The molecule has 2 heterocycles. The Morgan fingerprint density at radius 3 is 2.90 bits per heavy atom. The zero-order valence-corrected chi connectivity index (χ0v) is 12.6. The van der Waals surface area contributed by atoms with Crippen molar-refractivity contribution in [3.05, 3.63) is 47.5 Å². The molecule has 0 spiro atoms. The first kappa shape index (κ1) is 14.0. The minimum Gasteiger partial charge on any atom is -0.455 e. The summed E-state index contributed by atoms with van der Waals surface area (Å²) >= 11 is 0. The number of hydrogen-bond donors (Lipinski definition) is 1. The number of rotatable bonds is 6. The average molecular weight is 283 g/mol. The number of hydrogen-bond acceptors (Lipinski definition) is 4.